The molecule has 2 heterocycles. The van der Waals surface area contributed by atoms with Crippen molar-refractivity contribution in [2.24, 2.45) is 0 Å². The van der Waals surface area contributed by atoms with E-state index in [-0.39, 0.29) is 17.2 Å². The molecule has 1 aliphatic rings. The number of rotatable bonds is 6. The lowest BCUT2D eigenvalue weighted by Gasteiger charge is -2.26. The first-order valence-electron chi connectivity index (χ1n) is 10.1. The fourth-order valence-electron chi connectivity index (χ4n) is 3.89. The number of methoxy groups -OCH3 is 3. The molecule has 0 bridgehead atoms. The molecule has 0 spiro atoms. The van der Waals surface area contributed by atoms with Crippen molar-refractivity contribution in [3.63, 3.8) is 0 Å². The van der Waals surface area contributed by atoms with Crippen molar-refractivity contribution in [1.82, 2.24) is 4.98 Å². The molecule has 2 aromatic carbocycles. The lowest BCUT2D eigenvalue weighted by atomic mass is 9.94. The van der Waals surface area contributed by atoms with Crippen molar-refractivity contribution in [2.45, 2.75) is 6.04 Å². The summed E-state index contributed by atoms with van der Waals surface area (Å²) in [4.78, 5) is 31.9. The number of ether oxygens (including phenoxy) is 3. The van der Waals surface area contributed by atoms with Crippen LogP contribution >= 0.6 is 0 Å². The second-order valence-electron chi connectivity index (χ2n) is 7.17. The van der Waals surface area contributed by atoms with E-state index in [0.717, 1.165) is 0 Å². The molecule has 3 aromatic rings. The van der Waals surface area contributed by atoms with Crippen LogP contribution in [0.5, 0.6) is 17.2 Å². The molecule has 1 N–H and O–H groups in total. The molecule has 1 aliphatic heterocycles. The van der Waals surface area contributed by atoms with Crippen molar-refractivity contribution in [2.75, 3.05) is 26.2 Å². The maximum atomic E-state index is 13.2. The second-order valence-corrected chi connectivity index (χ2v) is 7.17. The summed E-state index contributed by atoms with van der Waals surface area (Å²) in [5, 5.41) is 11.2. The molecule has 0 saturated carbocycles. The smallest absolute Gasteiger partial charge is 0.301 e. The molecular weight excluding hydrogens is 424 g/mol. The van der Waals surface area contributed by atoms with E-state index in [9.17, 15) is 14.7 Å². The average Bonchev–Trinajstić information content (AvgIpc) is 3.13. The number of aromatic nitrogens is 1. The third-order valence-corrected chi connectivity index (χ3v) is 5.43. The normalized spacial score (nSPS) is 17.2. The second kappa shape index (κ2) is 9.04. The van der Waals surface area contributed by atoms with Gasteiger partial charge in [-0.05, 0) is 42.5 Å². The largest absolute Gasteiger partial charge is 0.507 e. The van der Waals surface area contributed by atoms with E-state index < -0.39 is 17.7 Å². The van der Waals surface area contributed by atoms with E-state index >= 15 is 0 Å². The van der Waals surface area contributed by atoms with Gasteiger partial charge in [-0.2, -0.15) is 0 Å². The molecular formula is C25H22N2O6. The molecule has 1 saturated heterocycles. The first kappa shape index (κ1) is 21.9. The van der Waals surface area contributed by atoms with Crippen LogP contribution in [0.1, 0.15) is 17.2 Å². The van der Waals surface area contributed by atoms with Crippen LogP contribution in [0.25, 0.3) is 5.76 Å². The first-order valence-corrected chi connectivity index (χ1v) is 10.1. The molecule has 8 nitrogen and oxygen atoms in total. The van der Waals surface area contributed by atoms with Crippen LogP contribution < -0.4 is 19.1 Å². The predicted octanol–water partition coefficient (Wildman–Crippen LogP) is 3.73. The number of nitrogens with zero attached hydrogens (tertiary/aromatic N) is 2. The number of anilines is 1. The Morgan fingerprint density at radius 2 is 1.67 bits per heavy atom. The van der Waals surface area contributed by atoms with Crippen LogP contribution in [0.3, 0.4) is 0 Å². The van der Waals surface area contributed by atoms with Crippen LogP contribution in [0, 0.1) is 0 Å². The highest BCUT2D eigenvalue weighted by Gasteiger charge is 2.48. The fraction of sp³-hybridized carbons (Fsp3) is 0.160. The highest BCUT2D eigenvalue weighted by atomic mass is 16.5. The summed E-state index contributed by atoms with van der Waals surface area (Å²) in [5.74, 6) is -0.332. The van der Waals surface area contributed by atoms with E-state index in [0.29, 0.717) is 28.4 Å². The molecule has 1 aromatic heterocycles. The van der Waals surface area contributed by atoms with Gasteiger partial charge in [0.15, 0.2) is 11.5 Å². The van der Waals surface area contributed by atoms with Crippen molar-refractivity contribution >= 4 is 23.3 Å². The molecule has 0 radical (unpaired) electrons. The van der Waals surface area contributed by atoms with Gasteiger partial charge in [0, 0.05) is 17.3 Å². The SMILES string of the molecule is COc1ccc(C(O)=C2C(=O)C(=O)N(c3ccccn3)[C@@H]2c2cccc(OC)c2OC)cc1. The molecule has 33 heavy (non-hydrogen) atoms. The van der Waals surface area contributed by atoms with Gasteiger partial charge in [-0.3, -0.25) is 14.5 Å². The Bertz CT molecular complexity index is 1220. The number of pyridine rings is 1. The number of benzene rings is 2. The zero-order valence-electron chi connectivity index (χ0n) is 18.3. The van der Waals surface area contributed by atoms with Crippen LogP contribution in [0.2, 0.25) is 0 Å². The molecule has 1 atom stereocenters. The van der Waals surface area contributed by atoms with E-state index in [1.54, 1.807) is 60.7 Å². The Hall–Kier alpha value is -4.33. The Morgan fingerprint density at radius 3 is 2.27 bits per heavy atom. The number of carbonyl (C=O) groups is 2. The maximum Gasteiger partial charge on any atom is 0.301 e. The van der Waals surface area contributed by atoms with Gasteiger partial charge in [0.05, 0.1) is 26.9 Å². The summed E-state index contributed by atoms with van der Waals surface area (Å²) in [7, 11) is 4.49. The van der Waals surface area contributed by atoms with Crippen molar-refractivity contribution in [1.29, 1.82) is 0 Å². The Labute approximate surface area is 190 Å². The third kappa shape index (κ3) is 3.76. The number of ketones is 1. The summed E-state index contributed by atoms with van der Waals surface area (Å²) in [6.45, 7) is 0. The minimum absolute atomic E-state index is 0.0811. The molecule has 168 valence electrons. The van der Waals surface area contributed by atoms with Gasteiger partial charge in [0.1, 0.15) is 23.4 Å². The molecule has 0 unspecified atom stereocenters. The monoisotopic (exact) mass is 446 g/mol. The number of aliphatic hydroxyl groups excluding tert-OH is 1. The summed E-state index contributed by atoms with van der Waals surface area (Å²) in [6, 6.07) is 15.7. The van der Waals surface area contributed by atoms with Crippen molar-refractivity contribution < 1.29 is 28.9 Å². The van der Waals surface area contributed by atoms with Gasteiger partial charge < -0.3 is 19.3 Å². The van der Waals surface area contributed by atoms with Gasteiger partial charge in [0.25, 0.3) is 5.78 Å². The molecule has 4 rings (SSSR count). The summed E-state index contributed by atoms with van der Waals surface area (Å²) < 4.78 is 16.2. The third-order valence-electron chi connectivity index (χ3n) is 5.43. The zero-order chi connectivity index (χ0) is 23.5. The minimum atomic E-state index is -0.993. The van der Waals surface area contributed by atoms with Gasteiger partial charge in [-0.1, -0.05) is 18.2 Å². The van der Waals surface area contributed by atoms with Gasteiger partial charge in [0.2, 0.25) is 0 Å². The van der Waals surface area contributed by atoms with E-state index in [2.05, 4.69) is 4.98 Å². The van der Waals surface area contributed by atoms with Crippen LogP contribution in [0.4, 0.5) is 5.82 Å². The maximum absolute atomic E-state index is 13.2. The topological polar surface area (TPSA) is 98.2 Å². The van der Waals surface area contributed by atoms with Gasteiger partial charge in [-0.15, -0.1) is 0 Å². The van der Waals surface area contributed by atoms with Gasteiger partial charge >= 0.3 is 5.91 Å². The standard InChI is InChI=1S/C25H22N2O6/c1-31-16-12-10-15(11-13-16)22(28)20-21(17-7-6-8-18(32-2)24(17)33-3)27(25(30)23(20)29)19-9-4-5-14-26-19/h4-14,21,28H,1-3H3/t21-/m1/s1. The van der Waals surface area contributed by atoms with Crippen molar-refractivity contribution in [3.8, 4) is 17.2 Å². The predicted molar refractivity (Wildman–Crippen MR) is 122 cm³/mol. The molecule has 0 aliphatic carbocycles. The Kier molecular flexibility index (Phi) is 5.99. The lowest BCUT2D eigenvalue weighted by molar-refractivity contribution is -0.132. The quantitative estimate of drug-likeness (QED) is 0.350. The van der Waals surface area contributed by atoms with E-state index in [1.165, 1.54) is 32.4 Å². The molecule has 1 amide bonds. The molecule has 1 fully saturated rings. The lowest BCUT2D eigenvalue weighted by Crippen LogP contribution is -2.30. The molecule has 8 heteroatoms. The van der Waals surface area contributed by atoms with Gasteiger partial charge in [-0.25, -0.2) is 4.98 Å². The van der Waals surface area contributed by atoms with Crippen molar-refractivity contribution in [3.05, 3.63) is 83.6 Å². The van der Waals surface area contributed by atoms with Crippen LogP contribution in [0.15, 0.2) is 72.4 Å². The first-order chi connectivity index (χ1) is 16.0. The highest BCUT2D eigenvalue weighted by Crippen LogP contribution is 2.46. The number of hydrogen-bond donors (Lipinski definition) is 1. The van der Waals surface area contributed by atoms with Crippen LogP contribution in [-0.4, -0.2) is 43.1 Å². The number of aliphatic hydroxyl groups is 1. The summed E-state index contributed by atoms with van der Waals surface area (Å²) in [6.07, 6.45) is 1.53. The van der Waals surface area contributed by atoms with E-state index in [1.807, 2.05) is 0 Å². The zero-order valence-corrected chi connectivity index (χ0v) is 18.3. The average molecular weight is 446 g/mol. The Balaban J connectivity index is 1.99. The number of hydrogen-bond acceptors (Lipinski definition) is 7. The Morgan fingerprint density at radius 1 is 0.909 bits per heavy atom. The number of Topliss-reactive ketones (excluding diaryl/α,β-unsaturated/α-hetero) is 1. The van der Waals surface area contributed by atoms with E-state index in [4.69, 9.17) is 14.2 Å². The number of para-hydroxylation sites is 1. The summed E-state index contributed by atoms with van der Waals surface area (Å²) in [5.41, 5.74) is 0.751. The highest BCUT2D eigenvalue weighted by molar-refractivity contribution is 6.51. The minimum Gasteiger partial charge on any atom is -0.507 e. The number of amides is 1. The summed E-state index contributed by atoms with van der Waals surface area (Å²) >= 11 is 0. The fourth-order valence-corrected chi connectivity index (χ4v) is 3.89. The number of carbonyl (C=O) groups excluding carboxylic acids is 2. The van der Waals surface area contributed by atoms with Crippen LogP contribution in [-0.2, 0) is 9.59 Å².